The molecule has 0 aliphatic carbocycles. The van der Waals surface area contributed by atoms with Gasteiger partial charge in [0.2, 0.25) is 5.91 Å². The molecule has 1 saturated heterocycles. The number of nitrogens with one attached hydrogen (secondary N) is 1. The van der Waals surface area contributed by atoms with E-state index >= 15 is 0 Å². The molecule has 116 valence electrons. The number of carbonyl (C=O) groups excluding carboxylic acids is 1. The van der Waals surface area contributed by atoms with Gasteiger partial charge < -0.3 is 20.1 Å². The summed E-state index contributed by atoms with van der Waals surface area (Å²) in [5.41, 5.74) is 0.135. The Hall–Kier alpha value is -1.43. The van der Waals surface area contributed by atoms with Crippen LogP contribution >= 0.6 is 0 Å². The zero-order valence-corrected chi connectivity index (χ0v) is 12.5. The molecule has 0 unspecified atom stereocenters. The average Bonchev–Trinajstić information content (AvgIpc) is 2.46. The number of para-hydroxylation sites is 1. The fourth-order valence-corrected chi connectivity index (χ4v) is 2.53. The molecule has 5 nitrogen and oxygen atoms in total. The van der Waals surface area contributed by atoms with Crippen LogP contribution in [0, 0.1) is 0 Å². The lowest BCUT2D eigenvalue weighted by atomic mass is 9.94. The maximum atomic E-state index is 11.9. The summed E-state index contributed by atoms with van der Waals surface area (Å²) in [7, 11) is 1.93. The number of aliphatic hydroxyl groups is 1. The van der Waals surface area contributed by atoms with Gasteiger partial charge in [0, 0.05) is 51.3 Å². The highest BCUT2D eigenvalue weighted by Crippen LogP contribution is 2.21. The van der Waals surface area contributed by atoms with Gasteiger partial charge in [-0.3, -0.25) is 4.79 Å². The molecule has 2 N–H and O–H groups in total. The van der Waals surface area contributed by atoms with Crippen LogP contribution in [-0.4, -0.2) is 54.9 Å². The Labute approximate surface area is 125 Å². The van der Waals surface area contributed by atoms with Crippen molar-refractivity contribution in [3.05, 3.63) is 30.3 Å². The number of ether oxygens (including phenoxy) is 1. The maximum Gasteiger partial charge on any atom is 0.225 e. The summed E-state index contributed by atoms with van der Waals surface area (Å²) >= 11 is 0. The van der Waals surface area contributed by atoms with Crippen LogP contribution in [0.4, 0.5) is 5.69 Å². The zero-order chi connectivity index (χ0) is 15.1. The highest BCUT2D eigenvalue weighted by Gasteiger charge is 2.30. The molecule has 1 fully saturated rings. The van der Waals surface area contributed by atoms with Crippen LogP contribution in [0.2, 0.25) is 0 Å². The molecule has 0 spiro atoms. The van der Waals surface area contributed by atoms with Crippen molar-refractivity contribution < 1.29 is 14.6 Å². The number of nitrogens with zero attached hydrogens (tertiary/aromatic N) is 1. The summed E-state index contributed by atoms with van der Waals surface area (Å²) in [6, 6.07) is 9.43. The molecule has 0 saturated carbocycles. The van der Waals surface area contributed by atoms with Crippen LogP contribution in [0.3, 0.4) is 0 Å². The molecule has 0 aromatic heterocycles. The van der Waals surface area contributed by atoms with Gasteiger partial charge in [-0.25, -0.2) is 0 Å². The van der Waals surface area contributed by atoms with Crippen molar-refractivity contribution >= 4 is 11.6 Å². The number of anilines is 1. The van der Waals surface area contributed by atoms with Crippen molar-refractivity contribution in [3.63, 3.8) is 0 Å². The fourth-order valence-electron chi connectivity index (χ4n) is 2.53. The second-order valence-electron chi connectivity index (χ2n) is 5.74. The van der Waals surface area contributed by atoms with E-state index in [-0.39, 0.29) is 5.91 Å². The molecule has 1 heterocycles. The van der Waals surface area contributed by atoms with Crippen molar-refractivity contribution in [2.75, 3.05) is 38.7 Å². The molecule has 0 bridgehead atoms. The predicted octanol–water partition coefficient (Wildman–Crippen LogP) is 1.49. The summed E-state index contributed by atoms with van der Waals surface area (Å²) < 4.78 is 5.27. The van der Waals surface area contributed by atoms with Crippen molar-refractivity contribution in [2.24, 2.45) is 0 Å². The third-order valence-corrected chi connectivity index (χ3v) is 3.77. The van der Waals surface area contributed by atoms with E-state index in [2.05, 4.69) is 5.32 Å². The van der Waals surface area contributed by atoms with Gasteiger partial charge in [0.1, 0.15) is 0 Å². The van der Waals surface area contributed by atoms with Crippen molar-refractivity contribution in [3.8, 4) is 0 Å². The Kier molecular flexibility index (Phi) is 5.73. The summed E-state index contributed by atoms with van der Waals surface area (Å²) in [5.74, 6) is -0.00739. The van der Waals surface area contributed by atoms with Gasteiger partial charge in [-0.05, 0) is 19.2 Å². The van der Waals surface area contributed by atoms with Gasteiger partial charge in [0.25, 0.3) is 0 Å². The normalized spacial score (nSPS) is 17.7. The minimum absolute atomic E-state index is 0.00739. The Morgan fingerprint density at radius 2 is 2.00 bits per heavy atom. The van der Waals surface area contributed by atoms with Gasteiger partial charge in [-0.1, -0.05) is 18.2 Å². The maximum absolute atomic E-state index is 11.9. The number of carbonyl (C=O) groups is 1. The number of rotatable bonds is 6. The molecule has 1 aromatic carbocycles. The molecule has 1 aliphatic rings. The molecule has 5 heteroatoms. The van der Waals surface area contributed by atoms with Crippen LogP contribution in [0.25, 0.3) is 0 Å². The Balaban J connectivity index is 1.70. The summed E-state index contributed by atoms with van der Waals surface area (Å²) in [4.78, 5) is 13.9. The number of hydrogen-bond donors (Lipinski definition) is 2. The van der Waals surface area contributed by atoms with Crippen LogP contribution in [-0.2, 0) is 9.53 Å². The van der Waals surface area contributed by atoms with Crippen LogP contribution < -0.4 is 5.32 Å². The molecule has 1 aliphatic heterocycles. The SMILES string of the molecule is CN(CCC(=O)Nc1ccccc1)CC1(O)CCOCC1. The Bertz CT molecular complexity index is 444. The molecule has 0 radical (unpaired) electrons. The predicted molar refractivity (Wildman–Crippen MR) is 82.2 cm³/mol. The molecule has 1 aromatic rings. The first-order valence-corrected chi connectivity index (χ1v) is 7.41. The van der Waals surface area contributed by atoms with E-state index in [1.165, 1.54) is 0 Å². The van der Waals surface area contributed by atoms with Gasteiger partial charge in [-0.15, -0.1) is 0 Å². The summed E-state index contributed by atoms with van der Waals surface area (Å²) in [6.07, 6.45) is 1.74. The minimum atomic E-state index is -0.678. The highest BCUT2D eigenvalue weighted by molar-refractivity contribution is 5.90. The standard InChI is InChI=1S/C16H24N2O3/c1-18(13-16(20)8-11-21-12-9-16)10-7-15(19)17-14-5-3-2-4-6-14/h2-6,20H,7-13H2,1H3,(H,17,19). The number of hydrogen-bond acceptors (Lipinski definition) is 4. The lowest BCUT2D eigenvalue weighted by Gasteiger charge is -2.35. The van der Waals surface area contributed by atoms with Gasteiger partial charge in [0.05, 0.1) is 5.60 Å². The van der Waals surface area contributed by atoms with E-state index in [1.54, 1.807) is 0 Å². The molecule has 2 rings (SSSR count). The first-order chi connectivity index (χ1) is 10.1. The van der Waals surface area contributed by atoms with Crippen LogP contribution in [0.1, 0.15) is 19.3 Å². The fraction of sp³-hybridized carbons (Fsp3) is 0.562. The second kappa shape index (κ2) is 7.54. The second-order valence-corrected chi connectivity index (χ2v) is 5.74. The van der Waals surface area contributed by atoms with Crippen molar-refractivity contribution in [1.29, 1.82) is 0 Å². The van der Waals surface area contributed by atoms with E-state index in [0.717, 1.165) is 5.69 Å². The number of amides is 1. The van der Waals surface area contributed by atoms with Gasteiger partial charge in [-0.2, -0.15) is 0 Å². The van der Waals surface area contributed by atoms with E-state index in [4.69, 9.17) is 4.74 Å². The molecule has 0 atom stereocenters. The first-order valence-electron chi connectivity index (χ1n) is 7.41. The smallest absolute Gasteiger partial charge is 0.225 e. The minimum Gasteiger partial charge on any atom is -0.388 e. The van der Waals surface area contributed by atoms with E-state index in [1.807, 2.05) is 42.3 Å². The molecule has 21 heavy (non-hydrogen) atoms. The highest BCUT2D eigenvalue weighted by atomic mass is 16.5. The largest absolute Gasteiger partial charge is 0.388 e. The third-order valence-electron chi connectivity index (χ3n) is 3.77. The van der Waals surface area contributed by atoms with E-state index in [0.29, 0.717) is 45.6 Å². The topological polar surface area (TPSA) is 61.8 Å². The van der Waals surface area contributed by atoms with Gasteiger partial charge in [0.15, 0.2) is 0 Å². The average molecular weight is 292 g/mol. The van der Waals surface area contributed by atoms with Crippen LogP contribution in [0.15, 0.2) is 30.3 Å². The number of benzene rings is 1. The third kappa shape index (κ3) is 5.46. The van der Waals surface area contributed by atoms with Crippen molar-refractivity contribution in [2.45, 2.75) is 24.9 Å². The van der Waals surface area contributed by atoms with Gasteiger partial charge >= 0.3 is 0 Å². The lowest BCUT2D eigenvalue weighted by Crippen LogP contribution is -2.46. The van der Waals surface area contributed by atoms with Crippen LogP contribution in [0.5, 0.6) is 0 Å². The number of likely N-dealkylation sites (N-methyl/N-ethyl adjacent to an activating group) is 1. The summed E-state index contributed by atoms with van der Waals surface area (Å²) in [5, 5.41) is 13.3. The Morgan fingerprint density at radius 1 is 1.33 bits per heavy atom. The quantitative estimate of drug-likeness (QED) is 0.834. The zero-order valence-electron chi connectivity index (χ0n) is 12.5. The molecule has 1 amide bonds. The molecular formula is C16H24N2O3. The molecular weight excluding hydrogens is 268 g/mol. The van der Waals surface area contributed by atoms with E-state index < -0.39 is 5.60 Å². The summed E-state index contributed by atoms with van der Waals surface area (Å²) in [6.45, 7) is 2.43. The van der Waals surface area contributed by atoms with E-state index in [9.17, 15) is 9.90 Å². The van der Waals surface area contributed by atoms with Crippen molar-refractivity contribution in [1.82, 2.24) is 4.90 Å². The monoisotopic (exact) mass is 292 g/mol. The Morgan fingerprint density at radius 3 is 2.67 bits per heavy atom. The lowest BCUT2D eigenvalue weighted by molar-refractivity contribution is -0.117. The first kappa shape index (κ1) is 15.9.